The van der Waals surface area contributed by atoms with E-state index in [1.807, 2.05) is 6.08 Å². The van der Waals surface area contributed by atoms with Gasteiger partial charge in [-0.2, -0.15) is 0 Å². The van der Waals surface area contributed by atoms with Gasteiger partial charge in [-0.1, -0.05) is 13.0 Å². The summed E-state index contributed by atoms with van der Waals surface area (Å²) in [5, 5.41) is 0. The summed E-state index contributed by atoms with van der Waals surface area (Å²) in [6, 6.07) is 0. The van der Waals surface area contributed by atoms with Crippen molar-refractivity contribution in [2.24, 2.45) is 5.41 Å². The predicted octanol–water partition coefficient (Wildman–Crippen LogP) is 3.07. The van der Waals surface area contributed by atoms with Crippen molar-refractivity contribution in [3.05, 3.63) is 12.7 Å². The van der Waals surface area contributed by atoms with E-state index in [0.29, 0.717) is 5.41 Å². The zero-order valence-corrected chi connectivity index (χ0v) is 9.18. The fraction of sp³-hybridized carbons (Fsp3) is 0.833. The third-order valence-electron chi connectivity index (χ3n) is 3.49. The van der Waals surface area contributed by atoms with Gasteiger partial charge in [-0.3, -0.25) is 0 Å². The fourth-order valence-corrected chi connectivity index (χ4v) is 2.45. The number of hydrogen-bond donors (Lipinski definition) is 0. The Labute approximate surface area is 82.8 Å². The molecule has 76 valence electrons. The highest BCUT2D eigenvalue weighted by molar-refractivity contribution is 4.88. The molecule has 1 fully saturated rings. The number of likely N-dealkylation sites (tertiary alicyclic amines) is 1. The van der Waals surface area contributed by atoms with Crippen molar-refractivity contribution in [2.45, 2.75) is 39.0 Å². The maximum absolute atomic E-state index is 3.78. The minimum atomic E-state index is 0.637. The van der Waals surface area contributed by atoms with E-state index in [1.54, 1.807) is 0 Å². The Kier molecular flexibility index (Phi) is 3.98. The molecule has 0 saturated carbocycles. The lowest BCUT2D eigenvalue weighted by molar-refractivity contribution is 0.246. The van der Waals surface area contributed by atoms with Crippen LogP contribution in [-0.4, -0.2) is 25.0 Å². The van der Waals surface area contributed by atoms with E-state index in [1.165, 1.54) is 45.2 Å². The molecule has 0 aromatic heterocycles. The van der Waals surface area contributed by atoms with E-state index in [-0.39, 0.29) is 0 Å². The second-order valence-electron chi connectivity index (χ2n) is 4.52. The van der Waals surface area contributed by atoms with Gasteiger partial charge in [-0.25, -0.2) is 0 Å². The Bertz CT molecular complexity index is 165. The first kappa shape index (κ1) is 10.8. The van der Waals surface area contributed by atoms with Gasteiger partial charge in [0, 0.05) is 6.54 Å². The third kappa shape index (κ3) is 2.84. The van der Waals surface area contributed by atoms with Crippen LogP contribution in [0.5, 0.6) is 0 Å². The Morgan fingerprint density at radius 1 is 1.54 bits per heavy atom. The highest BCUT2D eigenvalue weighted by atomic mass is 15.1. The number of unbranched alkanes of at least 4 members (excludes halogenated alkanes) is 1. The van der Waals surface area contributed by atoms with Crippen LogP contribution in [0.4, 0.5) is 0 Å². The van der Waals surface area contributed by atoms with Gasteiger partial charge >= 0.3 is 0 Å². The first-order chi connectivity index (χ1) is 6.22. The number of rotatable bonds is 5. The van der Waals surface area contributed by atoms with E-state index in [4.69, 9.17) is 0 Å². The molecule has 0 amide bonds. The molecule has 1 unspecified atom stereocenters. The van der Waals surface area contributed by atoms with Crippen LogP contribution in [0.25, 0.3) is 0 Å². The molecule has 0 N–H and O–H groups in total. The summed E-state index contributed by atoms with van der Waals surface area (Å²) >= 11 is 0. The molecule has 0 aromatic rings. The molecule has 1 atom stereocenters. The molecule has 1 heteroatoms. The van der Waals surface area contributed by atoms with E-state index in [0.717, 1.165) is 0 Å². The van der Waals surface area contributed by atoms with E-state index < -0.39 is 0 Å². The molecule has 1 aliphatic heterocycles. The summed E-state index contributed by atoms with van der Waals surface area (Å²) < 4.78 is 0. The molecule has 0 radical (unpaired) electrons. The molecular formula is C12H23N. The Hall–Kier alpha value is -0.300. The van der Waals surface area contributed by atoms with Crippen LogP contribution in [0.2, 0.25) is 0 Å². The van der Waals surface area contributed by atoms with Crippen molar-refractivity contribution in [1.82, 2.24) is 4.90 Å². The molecule has 1 rings (SSSR count). The maximum Gasteiger partial charge on any atom is 0.00353 e. The van der Waals surface area contributed by atoms with Gasteiger partial charge in [0.2, 0.25) is 0 Å². The second kappa shape index (κ2) is 4.80. The molecule has 1 heterocycles. The van der Waals surface area contributed by atoms with Crippen molar-refractivity contribution in [2.75, 3.05) is 20.1 Å². The summed E-state index contributed by atoms with van der Waals surface area (Å²) in [6.45, 7) is 8.72. The highest BCUT2D eigenvalue weighted by Crippen LogP contribution is 2.37. The van der Waals surface area contributed by atoms with Crippen LogP contribution in [0.3, 0.4) is 0 Å². The minimum absolute atomic E-state index is 0.637. The van der Waals surface area contributed by atoms with Gasteiger partial charge in [-0.15, -0.1) is 6.58 Å². The Balaban J connectivity index is 2.36. The molecule has 1 aliphatic rings. The summed E-state index contributed by atoms with van der Waals surface area (Å²) in [5.41, 5.74) is 0.637. The van der Waals surface area contributed by atoms with Crippen LogP contribution >= 0.6 is 0 Å². The molecule has 0 aliphatic carbocycles. The van der Waals surface area contributed by atoms with Crippen LogP contribution < -0.4 is 0 Å². The molecular weight excluding hydrogens is 158 g/mol. The predicted molar refractivity (Wildman–Crippen MR) is 58.9 cm³/mol. The summed E-state index contributed by atoms with van der Waals surface area (Å²) in [4.78, 5) is 2.47. The van der Waals surface area contributed by atoms with Crippen molar-refractivity contribution in [3.8, 4) is 0 Å². The van der Waals surface area contributed by atoms with Crippen molar-refractivity contribution < 1.29 is 0 Å². The maximum atomic E-state index is 3.78. The van der Waals surface area contributed by atoms with Crippen molar-refractivity contribution in [3.63, 3.8) is 0 Å². The number of allylic oxidation sites excluding steroid dienone is 1. The second-order valence-corrected chi connectivity index (χ2v) is 4.52. The number of nitrogens with zero attached hydrogens (tertiary/aromatic N) is 1. The van der Waals surface area contributed by atoms with Gasteiger partial charge in [0.25, 0.3) is 0 Å². The molecule has 1 nitrogen and oxygen atoms in total. The van der Waals surface area contributed by atoms with E-state index in [2.05, 4.69) is 25.5 Å². The van der Waals surface area contributed by atoms with E-state index >= 15 is 0 Å². The van der Waals surface area contributed by atoms with Gasteiger partial charge in [0.1, 0.15) is 0 Å². The fourth-order valence-electron chi connectivity index (χ4n) is 2.45. The first-order valence-corrected chi connectivity index (χ1v) is 5.52. The van der Waals surface area contributed by atoms with Gasteiger partial charge in [0.15, 0.2) is 0 Å². The van der Waals surface area contributed by atoms with Gasteiger partial charge in [0.05, 0.1) is 0 Å². The lowest BCUT2D eigenvalue weighted by Crippen LogP contribution is -2.24. The number of hydrogen-bond acceptors (Lipinski definition) is 1. The Morgan fingerprint density at radius 3 is 2.77 bits per heavy atom. The first-order valence-electron chi connectivity index (χ1n) is 5.52. The average Bonchev–Trinajstić information content (AvgIpc) is 2.49. The quantitative estimate of drug-likeness (QED) is 0.465. The molecule has 0 bridgehead atoms. The minimum Gasteiger partial charge on any atom is -0.306 e. The molecule has 13 heavy (non-hydrogen) atoms. The topological polar surface area (TPSA) is 3.24 Å². The molecule has 0 aromatic carbocycles. The average molecular weight is 181 g/mol. The van der Waals surface area contributed by atoms with Gasteiger partial charge < -0.3 is 4.90 Å². The standard InChI is InChI=1S/C12H23N/c1-4-6-7-8-12(5-2)9-10-13(3)11-12/h4H,1,5-11H2,2-3H3. The monoisotopic (exact) mass is 181 g/mol. The third-order valence-corrected chi connectivity index (χ3v) is 3.49. The van der Waals surface area contributed by atoms with E-state index in [9.17, 15) is 0 Å². The highest BCUT2D eigenvalue weighted by Gasteiger charge is 2.33. The zero-order valence-electron chi connectivity index (χ0n) is 9.18. The van der Waals surface area contributed by atoms with Crippen LogP contribution in [0, 0.1) is 5.41 Å². The largest absolute Gasteiger partial charge is 0.306 e. The Morgan fingerprint density at radius 2 is 2.31 bits per heavy atom. The molecule has 1 saturated heterocycles. The smallest absolute Gasteiger partial charge is 0.00353 e. The van der Waals surface area contributed by atoms with Gasteiger partial charge in [-0.05, 0) is 51.1 Å². The van der Waals surface area contributed by atoms with Crippen LogP contribution in [-0.2, 0) is 0 Å². The normalized spacial score (nSPS) is 29.4. The van der Waals surface area contributed by atoms with Crippen LogP contribution in [0.15, 0.2) is 12.7 Å². The summed E-state index contributed by atoms with van der Waals surface area (Å²) in [6.07, 6.45) is 8.68. The summed E-state index contributed by atoms with van der Waals surface area (Å²) in [7, 11) is 2.24. The lowest BCUT2D eigenvalue weighted by Gasteiger charge is -2.27. The summed E-state index contributed by atoms with van der Waals surface area (Å²) in [5.74, 6) is 0. The zero-order chi connectivity index (χ0) is 9.73. The van der Waals surface area contributed by atoms with Crippen molar-refractivity contribution >= 4 is 0 Å². The SMILES string of the molecule is C=CCCCC1(CC)CCN(C)C1. The molecule has 0 spiro atoms. The lowest BCUT2D eigenvalue weighted by atomic mass is 9.79. The van der Waals surface area contributed by atoms with Crippen LogP contribution in [0.1, 0.15) is 39.0 Å². The van der Waals surface area contributed by atoms with Crippen molar-refractivity contribution in [1.29, 1.82) is 0 Å².